The maximum Gasteiger partial charge on any atom is 0.330 e. The van der Waals surface area contributed by atoms with Gasteiger partial charge in [-0.1, -0.05) is 25.2 Å². The molecule has 0 atom stereocenters. The topological polar surface area (TPSA) is 98.9 Å². The molecule has 2 aromatic heterocycles. The Labute approximate surface area is 130 Å². The fourth-order valence-electron chi connectivity index (χ4n) is 1.86. The molecule has 0 fully saturated rings. The van der Waals surface area contributed by atoms with Gasteiger partial charge in [0.1, 0.15) is 10.6 Å². The van der Waals surface area contributed by atoms with Crippen LogP contribution in [0.15, 0.2) is 15.8 Å². The number of anilines is 1. The number of hydrogen-bond donors (Lipinski definition) is 1. The lowest BCUT2D eigenvalue weighted by atomic mass is 10.1. The number of rotatable bonds is 4. The molecule has 1 amide bonds. The van der Waals surface area contributed by atoms with Crippen LogP contribution in [0.5, 0.6) is 0 Å². The second-order valence-electron chi connectivity index (χ2n) is 5.35. The summed E-state index contributed by atoms with van der Waals surface area (Å²) in [5.41, 5.74) is -1.26. The highest BCUT2D eigenvalue weighted by atomic mass is 32.1. The third-order valence-corrected chi connectivity index (χ3v) is 3.82. The van der Waals surface area contributed by atoms with Crippen LogP contribution in [-0.2, 0) is 20.5 Å². The van der Waals surface area contributed by atoms with Crippen molar-refractivity contribution < 1.29 is 4.79 Å². The first kappa shape index (κ1) is 16.1. The summed E-state index contributed by atoms with van der Waals surface area (Å²) in [6.07, 6.45) is 1.99. The van der Waals surface area contributed by atoms with Gasteiger partial charge in [-0.05, 0) is 5.92 Å². The fourth-order valence-corrected chi connectivity index (χ4v) is 2.81. The molecule has 0 aromatic carbocycles. The van der Waals surface area contributed by atoms with E-state index in [2.05, 4.69) is 29.4 Å². The Morgan fingerprint density at radius 1 is 1.32 bits per heavy atom. The normalized spacial score (nSPS) is 11.0. The molecule has 2 rings (SSSR count). The Morgan fingerprint density at radius 3 is 2.64 bits per heavy atom. The number of carbonyl (C=O) groups is 1. The fraction of sp³-hybridized carbons (Fsp3) is 0.462. The van der Waals surface area contributed by atoms with Gasteiger partial charge in [0.25, 0.3) is 11.5 Å². The van der Waals surface area contributed by atoms with Crippen molar-refractivity contribution in [1.82, 2.24) is 19.3 Å². The molecule has 8 nitrogen and oxygen atoms in total. The zero-order valence-electron chi connectivity index (χ0n) is 12.8. The Bertz CT molecular complexity index is 818. The smallest absolute Gasteiger partial charge is 0.303 e. The van der Waals surface area contributed by atoms with Crippen molar-refractivity contribution in [1.29, 1.82) is 0 Å². The molecule has 9 heteroatoms. The first-order valence-corrected chi connectivity index (χ1v) is 7.51. The van der Waals surface area contributed by atoms with Crippen LogP contribution in [0.25, 0.3) is 0 Å². The minimum absolute atomic E-state index is 0.120. The van der Waals surface area contributed by atoms with E-state index in [4.69, 9.17) is 0 Å². The summed E-state index contributed by atoms with van der Waals surface area (Å²) in [6.45, 7) is 4.13. The molecule has 22 heavy (non-hydrogen) atoms. The van der Waals surface area contributed by atoms with Crippen molar-refractivity contribution in [2.45, 2.75) is 20.3 Å². The zero-order chi connectivity index (χ0) is 16.4. The monoisotopic (exact) mass is 323 g/mol. The largest absolute Gasteiger partial charge is 0.330 e. The van der Waals surface area contributed by atoms with Gasteiger partial charge in [-0.25, -0.2) is 4.79 Å². The van der Waals surface area contributed by atoms with E-state index in [0.717, 1.165) is 16.0 Å². The number of carbonyl (C=O) groups excluding carboxylic acids is 1. The predicted molar refractivity (Wildman–Crippen MR) is 83.3 cm³/mol. The number of aromatic nitrogens is 4. The van der Waals surface area contributed by atoms with Crippen LogP contribution >= 0.6 is 11.3 Å². The molecule has 0 unspecified atom stereocenters. The van der Waals surface area contributed by atoms with Crippen LogP contribution in [0.3, 0.4) is 0 Å². The highest BCUT2D eigenvalue weighted by molar-refractivity contribution is 7.15. The first-order valence-electron chi connectivity index (χ1n) is 6.70. The molecule has 0 radical (unpaired) electrons. The third kappa shape index (κ3) is 3.30. The average Bonchev–Trinajstić information content (AvgIpc) is 2.86. The Kier molecular flexibility index (Phi) is 4.55. The van der Waals surface area contributed by atoms with E-state index >= 15 is 0 Å². The van der Waals surface area contributed by atoms with Crippen molar-refractivity contribution >= 4 is 22.4 Å². The molecule has 0 spiro atoms. The lowest BCUT2D eigenvalue weighted by Crippen LogP contribution is -2.40. The molecular formula is C13H17N5O3S. The van der Waals surface area contributed by atoms with Gasteiger partial charge < -0.3 is 4.57 Å². The van der Waals surface area contributed by atoms with Gasteiger partial charge in [0.15, 0.2) is 0 Å². The van der Waals surface area contributed by atoms with Crippen molar-refractivity contribution in [3.05, 3.63) is 37.6 Å². The van der Waals surface area contributed by atoms with Gasteiger partial charge >= 0.3 is 5.69 Å². The molecule has 0 aliphatic carbocycles. The molecule has 0 aliphatic rings. The van der Waals surface area contributed by atoms with Crippen LogP contribution in [0.4, 0.5) is 5.13 Å². The standard InChI is InChI=1S/C13H17N5O3S/c1-7(2)5-9-15-16-12(22-9)14-10(19)8-6-17(3)13(21)18(4)11(8)20/h6-7H,5H2,1-4H3,(H,14,16,19). The van der Waals surface area contributed by atoms with Gasteiger partial charge in [0, 0.05) is 26.7 Å². The summed E-state index contributed by atoms with van der Waals surface area (Å²) in [7, 11) is 2.80. The summed E-state index contributed by atoms with van der Waals surface area (Å²) in [5, 5.41) is 11.6. The SMILES string of the molecule is CC(C)Cc1nnc(NC(=O)c2cn(C)c(=O)n(C)c2=O)s1. The molecule has 0 saturated carbocycles. The maximum atomic E-state index is 12.2. The average molecular weight is 323 g/mol. The third-order valence-electron chi connectivity index (χ3n) is 2.96. The summed E-state index contributed by atoms with van der Waals surface area (Å²) in [5.74, 6) is -0.170. The molecule has 0 aliphatic heterocycles. The van der Waals surface area contributed by atoms with Gasteiger partial charge in [-0.3, -0.25) is 19.5 Å². The van der Waals surface area contributed by atoms with Crippen molar-refractivity contribution in [2.75, 3.05) is 5.32 Å². The number of nitrogens with one attached hydrogen (secondary N) is 1. The zero-order valence-corrected chi connectivity index (χ0v) is 13.6. The number of aryl methyl sites for hydroxylation is 1. The van der Waals surface area contributed by atoms with E-state index in [-0.39, 0.29) is 5.56 Å². The van der Waals surface area contributed by atoms with Crippen LogP contribution in [0.1, 0.15) is 29.2 Å². The molecule has 0 saturated heterocycles. The minimum Gasteiger partial charge on any atom is -0.303 e. The maximum absolute atomic E-state index is 12.2. The summed E-state index contributed by atoms with van der Waals surface area (Å²) in [6, 6.07) is 0. The molecule has 118 valence electrons. The lowest BCUT2D eigenvalue weighted by molar-refractivity contribution is 0.102. The lowest BCUT2D eigenvalue weighted by Gasteiger charge is -2.05. The second-order valence-corrected chi connectivity index (χ2v) is 6.42. The predicted octanol–water partition coefficient (Wildman–Crippen LogP) is 0.386. The van der Waals surface area contributed by atoms with E-state index in [1.807, 2.05) is 0 Å². The number of amides is 1. The number of hydrogen-bond acceptors (Lipinski definition) is 6. The van der Waals surface area contributed by atoms with Gasteiger partial charge in [-0.2, -0.15) is 0 Å². The van der Waals surface area contributed by atoms with Gasteiger partial charge in [-0.15, -0.1) is 10.2 Å². The van der Waals surface area contributed by atoms with E-state index < -0.39 is 17.2 Å². The quantitative estimate of drug-likeness (QED) is 0.877. The molecule has 2 heterocycles. The summed E-state index contributed by atoms with van der Waals surface area (Å²) in [4.78, 5) is 35.8. The highest BCUT2D eigenvalue weighted by Crippen LogP contribution is 2.18. The highest BCUT2D eigenvalue weighted by Gasteiger charge is 2.16. The van der Waals surface area contributed by atoms with Crippen LogP contribution < -0.4 is 16.6 Å². The molecule has 1 N–H and O–H groups in total. The first-order chi connectivity index (χ1) is 10.3. The van der Waals surface area contributed by atoms with E-state index in [1.165, 1.54) is 36.2 Å². The summed E-state index contributed by atoms with van der Waals surface area (Å²) >= 11 is 1.27. The van der Waals surface area contributed by atoms with E-state index in [1.54, 1.807) is 0 Å². The second kappa shape index (κ2) is 6.22. The van der Waals surface area contributed by atoms with Crippen molar-refractivity contribution in [3.8, 4) is 0 Å². The van der Waals surface area contributed by atoms with E-state index in [0.29, 0.717) is 11.0 Å². The van der Waals surface area contributed by atoms with Crippen LogP contribution in [-0.4, -0.2) is 25.2 Å². The van der Waals surface area contributed by atoms with Gasteiger partial charge in [0.2, 0.25) is 5.13 Å². The van der Waals surface area contributed by atoms with Crippen LogP contribution in [0, 0.1) is 5.92 Å². The summed E-state index contributed by atoms with van der Waals surface area (Å²) < 4.78 is 2.07. The Balaban J connectivity index is 2.25. The minimum atomic E-state index is -0.646. The Hall–Kier alpha value is -2.29. The molecular weight excluding hydrogens is 306 g/mol. The Morgan fingerprint density at radius 2 is 2.00 bits per heavy atom. The number of nitrogens with zero attached hydrogens (tertiary/aromatic N) is 4. The molecule has 0 bridgehead atoms. The molecule has 2 aromatic rings. The van der Waals surface area contributed by atoms with E-state index in [9.17, 15) is 14.4 Å². The van der Waals surface area contributed by atoms with Crippen LogP contribution in [0.2, 0.25) is 0 Å². The van der Waals surface area contributed by atoms with Crippen molar-refractivity contribution in [3.63, 3.8) is 0 Å². The van der Waals surface area contributed by atoms with Crippen molar-refractivity contribution in [2.24, 2.45) is 20.0 Å². The van der Waals surface area contributed by atoms with Gasteiger partial charge in [0.05, 0.1) is 0 Å².